The van der Waals surface area contributed by atoms with Gasteiger partial charge in [0.1, 0.15) is 0 Å². The van der Waals surface area contributed by atoms with Crippen LogP contribution in [0.4, 0.5) is 0 Å². The Bertz CT molecular complexity index is 650. The summed E-state index contributed by atoms with van der Waals surface area (Å²) in [6, 6.07) is 0. The number of hydrogen-bond donors (Lipinski definition) is 0. The van der Waals surface area contributed by atoms with Crippen LogP contribution in [0.3, 0.4) is 0 Å². The van der Waals surface area contributed by atoms with E-state index in [2.05, 4.69) is 126 Å². The minimum atomic E-state index is -1.66. The fraction of sp³-hybridized carbons (Fsp3) is 0.667. The third kappa shape index (κ3) is 9.92. The quantitative estimate of drug-likeness (QED) is 0.203. The van der Waals surface area contributed by atoms with Gasteiger partial charge in [-0.3, -0.25) is 0 Å². The van der Waals surface area contributed by atoms with E-state index in [1.807, 2.05) is 0 Å². The second kappa shape index (κ2) is 14.3. The van der Waals surface area contributed by atoms with Gasteiger partial charge in [0, 0.05) is 32.7 Å². The summed E-state index contributed by atoms with van der Waals surface area (Å²) in [5, 5.41) is 0. The van der Waals surface area contributed by atoms with Crippen molar-refractivity contribution < 1.29 is 32.7 Å². The molecule has 4 heteroatoms. The van der Waals surface area contributed by atoms with Crippen molar-refractivity contribution in [2.75, 3.05) is 0 Å². The van der Waals surface area contributed by atoms with Crippen LogP contribution in [0.15, 0.2) is 0 Å². The Hall–Kier alpha value is 1.75. The fourth-order valence-corrected chi connectivity index (χ4v) is 21.2. The maximum Gasteiger partial charge on any atom is 0.0626 e. The largest absolute Gasteiger partial charge is 0.327 e. The van der Waals surface area contributed by atoms with Gasteiger partial charge in [0.15, 0.2) is 0 Å². The van der Waals surface area contributed by atoms with Crippen LogP contribution in [-0.4, -0.2) is 24.2 Å². The first-order valence-electron chi connectivity index (χ1n) is 14.6. The molecule has 3 fully saturated rings. The maximum absolute atomic E-state index is 2.65. The molecular formula is C33H59Si3Y-. The molecule has 207 valence electrons. The van der Waals surface area contributed by atoms with Gasteiger partial charge in [-0.25, -0.2) is 0 Å². The van der Waals surface area contributed by atoms with Gasteiger partial charge < -0.3 is 5.67 Å². The Kier molecular flexibility index (Phi) is 14.2. The molecule has 37 heavy (non-hydrogen) atoms. The first-order chi connectivity index (χ1) is 16.3. The Balaban J connectivity index is 0.000000589. The smallest absolute Gasteiger partial charge is 0.0626 e. The van der Waals surface area contributed by atoms with E-state index < -0.39 is 24.2 Å². The molecule has 3 aliphatic rings. The van der Waals surface area contributed by atoms with Gasteiger partial charge in [-0.05, 0) is 96.4 Å². The molecule has 0 bridgehead atoms. The molecule has 0 heterocycles. The zero-order chi connectivity index (χ0) is 27.8. The Labute approximate surface area is 264 Å². The molecule has 11 radical (unpaired) electrons. The molecule has 0 nitrogen and oxygen atoms in total. The molecule has 0 aromatic rings. The predicted molar refractivity (Wildman–Crippen MR) is 172 cm³/mol. The van der Waals surface area contributed by atoms with Gasteiger partial charge in [0.05, 0.1) is 8.07 Å². The zero-order valence-corrected chi connectivity index (χ0v) is 33.2. The summed E-state index contributed by atoms with van der Waals surface area (Å²) in [5.41, 5.74) is 5.97. The molecule has 0 aromatic heterocycles. The second-order valence-corrected chi connectivity index (χ2v) is 30.2. The Morgan fingerprint density at radius 2 is 1.24 bits per heavy atom. The predicted octanol–water partition coefficient (Wildman–Crippen LogP) is 10.2. The third-order valence-electron chi connectivity index (χ3n) is 8.88. The van der Waals surface area contributed by atoms with Crippen LogP contribution >= 0.6 is 0 Å². The first kappa shape index (κ1) is 36.8. The molecule has 0 aliphatic heterocycles. The molecule has 0 amide bonds. The van der Waals surface area contributed by atoms with Crippen molar-refractivity contribution in [1.82, 2.24) is 0 Å². The average Bonchev–Trinajstić information content (AvgIpc) is 3.27. The van der Waals surface area contributed by atoms with Gasteiger partial charge in [0.25, 0.3) is 0 Å². The van der Waals surface area contributed by atoms with Crippen LogP contribution in [-0.2, 0) is 32.7 Å². The minimum Gasteiger partial charge on any atom is -0.327 e. The van der Waals surface area contributed by atoms with Crippen LogP contribution in [0, 0.1) is 89.3 Å². The monoisotopic (exact) mass is 628 g/mol. The van der Waals surface area contributed by atoms with E-state index in [-0.39, 0.29) is 32.7 Å². The van der Waals surface area contributed by atoms with E-state index in [0.29, 0.717) is 0 Å². The van der Waals surface area contributed by atoms with Gasteiger partial charge >= 0.3 is 0 Å². The van der Waals surface area contributed by atoms with E-state index in [4.69, 9.17) is 0 Å². The van der Waals surface area contributed by atoms with Crippen LogP contribution < -0.4 is 0 Å². The van der Waals surface area contributed by atoms with Crippen molar-refractivity contribution in [3.8, 4) is 0 Å². The van der Waals surface area contributed by atoms with E-state index in [0.717, 1.165) is 23.7 Å². The van der Waals surface area contributed by atoms with Gasteiger partial charge in [0.2, 0.25) is 0 Å². The topological polar surface area (TPSA) is 0 Å². The van der Waals surface area contributed by atoms with Crippen LogP contribution in [0.5, 0.6) is 0 Å². The average molecular weight is 629 g/mol. The fourth-order valence-electron chi connectivity index (χ4n) is 7.27. The first-order valence-corrected chi connectivity index (χ1v) is 24.8. The Morgan fingerprint density at radius 3 is 1.65 bits per heavy atom. The van der Waals surface area contributed by atoms with Crippen molar-refractivity contribution >= 4 is 24.2 Å². The summed E-state index contributed by atoms with van der Waals surface area (Å²) >= 11 is 0. The van der Waals surface area contributed by atoms with Gasteiger partial charge in [-0.1, -0.05) is 107 Å². The summed E-state index contributed by atoms with van der Waals surface area (Å²) in [4.78, 5) is 0. The van der Waals surface area contributed by atoms with Crippen molar-refractivity contribution in [2.24, 2.45) is 23.7 Å². The Morgan fingerprint density at radius 1 is 0.757 bits per heavy atom. The maximum atomic E-state index is 2.65. The van der Waals surface area contributed by atoms with Crippen molar-refractivity contribution in [3.05, 3.63) is 65.6 Å². The molecular weight excluding hydrogens is 570 g/mol. The molecule has 3 rings (SSSR count). The normalized spacial score (nSPS) is 29.0. The molecule has 0 N–H and O–H groups in total. The van der Waals surface area contributed by atoms with Gasteiger partial charge in [-0.15, -0.1) is 16.1 Å². The van der Waals surface area contributed by atoms with E-state index >= 15 is 0 Å². The standard InChI is InChI=1S/C26H40Si.C7H19Si2.Y/c1-16(2)24-13-10-17(3)14-25(24)22-11-12-23(15-22)27(8,9)26-20(6)18(4)19(5)21(26)7;1-8(2,3)7-9(4,5)6;/h11-12,15-17,24-25H,10,13-14H2,1-9H3;7H,1-6H3;/q;-1;/t17-,24+,25+;;/m1../s1. The molecule has 3 aliphatic carbocycles. The zero-order valence-electron chi connectivity index (χ0n) is 27.3. The summed E-state index contributed by atoms with van der Waals surface area (Å²) in [6.07, 6.45) is 11.8. The summed E-state index contributed by atoms with van der Waals surface area (Å²) in [7, 11) is -3.38. The van der Waals surface area contributed by atoms with Crippen molar-refractivity contribution in [3.63, 3.8) is 0 Å². The van der Waals surface area contributed by atoms with Crippen LogP contribution in [0.1, 0.15) is 67.7 Å². The second-order valence-electron chi connectivity index (χ2n) is 15.2. The molecule has 0 saturated heterocycles. The van der Waals surface area contributed by atoms with Crippen LogP contribution in [0.2, 0.25) is 52.4 Å². The minimum absolute atomic E-state index is 0. The molecule has 3 atom stereocenters. The summed E-state index contributed by atoms with van der Waals surface area (Å²) < 4.78 is 0. The van der Waals surface area contributed by atoms with Crippen molar-refractivity contribution in [2.45, 2.75) is 120 Å². The number of hydrogen-bond acceptors (Lipinski definition) is 0. The van der Waals surface area contributed by atoms with Crippen LogP contribution in [0.25, 0.3) is 0 Å². The summed E-state index contributed by atoms with van der Waals surface area (Å²) in [6.45, 7) is 36.2. The molecule has 0 unspecified atom stereocenters. The molecule has 0 aromatic carbocycles. The van der Waals surface area contributed by atoms with Gasteiger partial charge in [-0.2, -0.15) is 0 Å². The molecule has 0 spiro atoms. The summed E-state index contributed by atoms with van der Waals surface area (Å²) in [5.74, 6) is 11.0. The third-order valence-corrected chi connectivity index (χ3v) is 19.6. The molecule has 3 saturated carbocycles. The van der Waals surface area contributed by atoms with Crippen molar-refractivity contribution in [1.29, 1.82) is 0 Å². The van der Waals surface area contributed by atoms with E-state index in [1.54, 1.807) is 28.8 Å². The number of rotatable bonds is 6. The van der Waals surface area contributed by atoms with E-state index in [9.17, 15) is 0 Å². The van der Waals surface area contributed by atoms with E-state index in [1.165, 1.54) is 31.1 Å². The SMILES string of the molecule is C[C]1[C](C)[C](C)[C]([Si](C)(C)[C]2[CH][CH][C]([C@@H]3C[C@H](C)CC[C@H]3C(C)C)[CH]2)[C]1C.C[Si](C)(C)[CH-][Si](C)(C)C.[Y].